The van der Waals surface area contributed by atoms with Gasteiger partial charge < -0.3 is 9.84 Å². The first-order valence-electron chi connectivity index (χ1n) is 12.7. The van der Waals surface area contributed by atoms with Crippen LogP contribution in [0.15, 0.2) is 47.4 Å². The van der Waals surface area contributed by atoms with Gasteiger partial charge in [-0.15, -0.1) is 12.4 Å². The molecule has 1 N–H and O–H groups in total. The third-order valence-corrected chi connectivity index (χ3v) is 8.68. The summed E-state index contributed by atoms with van der Waals surface area (Å²) in [5, 5.41) is 10.2. The molecule has 0 aliphatic carbocycles. The number of aliphatic hydroxyl groups is 1. The number of rotatable bonds is 11. The van der Waals surface area contributed by atoms with Crippen molar-refractivity contribution in [2.24, 2.45) is 0 Å². The van der Waals surface area contributed by atoms with Crippen LogP contribution in [-0.4, -0.2) is 27.7 Å². The average Bonchev–Trinajstić information content (AvgIpc) is 3.41. The van der Waals surface area contributed by atoms with E-state index in [1.807, 2.05) is 23.9 Å². The van der Waals surface area contributed by atoms with E-state index in [0.29, 0.717) is 6.42 Å². The lowest BCUT2D eigenvalue weighted by molar-refractivity contribution is 0.0595. The number of likely N-dealkylation sites (tertiary alicyclic amines) is 1. The largest absolute Gasteiger partial charge is 0.475 e. The first-order chi connectivity index (χ1) is 16.1. The van der Waals surface area contributed by atoms with Gasteiger partial charge in [0.1, 0.15) is 11.6 Å². The molecular weight excluding hydrogens is 469 g/mol. The fourth-order valence-electron chi connectivity index (χ4n) is 5.38. The molecule has 188 valence electrons. The molecule has 2 aromatic rings. The van der Waals surface area contributed by atoms with Crippen LogP contribution in [-0.2, 0) is 6.42 Å². The molecule has 1 fully saturated rings. The molecule has 1 saturated heterocycles. The molecule has 6 heteroatoms. The Morgan fingerprint density at radius 2 is 1.82 bits per heavy atom. The number of fused-ring (bicyclic) bond motifs is 1. The van der Waals surface area contributed by atoms with Crippen LogP contribution in [0.2, 0.25) is 0 Å². The Bertz CT molecular complexity index is 919. The maximum Gasteiger partial charge on any atom is 0.159 e. The van der Waals surface area contributed by atoms with Crippen molar-refractivity contribution in [3.63, 3.8) is 0 Å². The van der Waals surface area contributed by atoms with Crippen molar-refractivity contribution in [2.75, 3.05) is 6.73 Å². The van der Waals surface area contributed by atoms with Gasteiger partial charge in [-0.05, 0) is 80.7 Å². The minimum atomic E-state index is -0.132. The van der Waals surface area contributed by atoms with Crippen LogP contribution in [0, 0.1) is 5.82 Å². The summed E-state index contributed by atoms with van der Waals surface area (Å²) in [6.07, 6.45) is 10.5. The lowest BCUT2D eigenvalue weighted by Crippen LogP contribution is -2.33. The molecule has 0 aromatic heterocycles. The van der Waals surface area contributed by atoms with Gasteiger partial charge in [0.15, 0.2) is 4.93 Å². The monoisotopic (exact) mass is 507 g/mol. The van der Waals surface area contributed by atoms with Crippen molar-refractivity contribution in [3.8, 4) is 5.75 Å². The van der Waals surface area contributed by atoms with E-state index in [4.69, 9.17) is 4.74 Å². The highest BCUT2D eigenvalue weighted by Crippen LogP contribution is 2.53. The second-order valence-corrected chi connectivity index (χ2v) is 10.9. The molecule has 2 aliphatic heterocycles. The molecule has 2 unspecified atom stereocenters. The average molecular weight is 508 g/mol. The Morgan fingerprint density at radius 3 is 2.50 bits per heavy atom. The summed E-state index contributed by atoms with van der Waals surface area (Å²) in [4.78, 5) is 3.32. The maximum absolute atomic E-state index is 14.1. The Balaban J connectivity index is 0.00000324. The van der Waals surface area contributed by atoms with E-state index in [1.54, 1.807) is 6.07 Å². The summed E-state index contributed by atoms with van der Waals surface area (Å²) in [7, 11) is 0. The lowest BCUT2D eigenvalue weighted by Gasteiger charge is -2.28. The molecular formula is C28H39ClFNO2S. The minimum absolute atomic E-state index is 0. The number of hydrogen-bond donors (Lipinski definition) is 1. The zero-order valence-electron chi connectivity index (χ0n) is 20.5. The molecule has 0 bridgehead atoms. The normalized spacial score (nSPS) is 21.2. The molecule has 2 aromatic carbocycles. The van der Waals surface area contributed by atoms with E-state index in [2.05, 4.69) is 36.9 Å². The molecule has 0 radical (unpaired) electrons. The maximum atomic E-state index is 14.1. The number of thioether (sulfide) groups is 1. The number of halogens is 2. The summed E-state index contributed by atoms with van der Waals surface area (Å²) in [6.45, 7) is 4.51. The summed E-state index contributed by atoms with van der Waals surface area (Å²) in [6, 6.07) is 14.1. The summed E-state index contributed by atoms with van der Waals surface area (Å²) in [5.74, 6) is 0.883. The number of benzene rings is 2. The van der Waals surface area contributed by atoms with Gasteiger partial charge in [-0.2, -0.15) is 0 Å². The highest BCUT2D eigenvalue weighted by atomic mass is 35.5. The first kappa shape index (κ1) is 27.3. The van der Waals surface area contributed by atoms with Gasteiger partial charge in [0, 0.05) is 12.1 Å². The highest BCUT2D eigenvalue weighted by Gasteiger charge is 2.40. The first-order valence-corrected chi connectivity index (χ1v) is 13.5. The fraction of sp³-hybridized carbons (Fsp3) is 0.571. The SMILES string of the molecule is CCCCC1(CCCC)Oc2ccc(C3CCC(CCc4ccccc4F)N3CO)cc2S1.Cl. The van der Waals surface area contributed by atoms with E-state index in [-0.39, 0.29) is 42.0 Å². The Kier molecular flexibility index (Phi) is 10.1. The minimum Gasteiger partial charge on any atom is -0.475 e. The number of unbranched alkanes of at least 4 members (excludes halogenated alkanes) is 2. The molecule has 34 heavy (non-hydrogen) atoms. The van der Waals surface area contributed by atoms with E-state index < -0.39 is 0 Å². The summed E-state index contributed by atoms with van der Waals surface area (Å²) in [5.41, 5.74) is 2.02. The van der Waals surface area contributed by atoms with Crippen LogP contribution < -0.4 is 4.74 Å². The number of nitrogens with zero attached hydrogens (tertiary/aromatic N) is 1. The van der Waals surface area contributed by atoms with Gasteiger partial charge in [-0.25, -0.2) is 4.39 Å². The third kappa shape index (κ3) is 6.10. The lowest BCUT2D eigenvalue weighted by atomic mass is 10.0. The van der Waals surface area contributed by atoms with Gasteiger partial charge in [0.05, 0.1) is 11.6 Å². The standard InChI is InChI=1S/C28H38FNO2S.ClH/c1-3-5-17-28(18-6-4-2)32-26-16-12-22(19-27(26)33-28)25-15-14-23(30(25)20-31)13-11-21-9-7-8-10-24(21)29;/h7-10,12,16,19,23,25,31H,3-6,11,13-15,17-18,20H2,1-2H3;1H. The molecule has 2 aliphatic rings. The van der Waals surface area contributed by atoms with E-state index in [0.717, 1.165) is 43.4 Å². The molecule has 2 atom stereocenters. The molecule has 2 heterocycles. The van der Waals surface area contributed by atoms with Crippen LogP contribution >= 0.6 is 24.2 Å². The van der Waals surface area contributed by atoms with Gasteiger partial charge in [0.25, 0.3) is 0 Å². The second-order valence-electron chi connectivity index (χ2n) is 9.56. The van der Waals surface area contributed by atoms with Crippen LogP contribution in [0.5, 0.6) is 5.75 Å². The van der Waals surface area contributed by atoms with Crippen molar-refractivity contribution in [2.45, 2.75) is 100.0 Å². The van der Waals surface area contributed by atoms with Crippen LogP contribution in [0.4, 0.5) is 4.39 Å². The molecule has 0 amide bonds. The van der Waals surface area contributed by atoms with E-state index in [9.17, 15) is 9.50 Å². The summed E-state index contributed by atoms with van der Waals surface area (Å²) < 4.78 is 20.6. The number of aliphatic hydroxyl groups excluding tert-OH is 1. The van der Waals surface area contributed by atoms with E-state index in [1.165, 1.54) is 42.2 Å². The van der Waals surface area contributed by atoms with Crippen molar-refractivity contribution in [3.05, 3.63) is 59.4 Å². The Labute approximate surface area is 214 Å². The van der Waals surface area contributed by atoms with E-state index >= 15 is 0 Å². The van der Waals surface area contributed by atoms with Crippen LogP contribution in [0.25, 0.3) is 0 Å². The number of aryl methyl sites for hydroxylation is 1. The van der Waals surface area contributed by atoms with Crippen LogP contribution in [0.1, 0.15) is 88.8 Å². The van der Waals surface area contributed by atoms with Crippen molar-refractivity contribution < 1.29 is 14.2 Å². The van der Waals surface area contributed by atoms with Crippen LogP contribution in [0.3, 0.4) is 0 Å². The van der Waals surface area contributed by atoms with Crippen molar-refractivity contribution in [1.29, 1.82) is 0 Å². The quantitative estimate of drug-likeness (QED) is 0.335. The Hall–Kier alpha value is -1.27. The molecule has 4 rings (SSSR count). The molecule has 3 nitrogen and oxygen atoms in total. The highest BCUT2D eigenvalue weighted by molar-refractivity contribution is 8.00. The number of hydrogen-bond acceptors (Lipinski definition) is 4. The molecule has 0 saturated carbocycles. The molecule has 0 spiro atoms. The third-order valence-electron chi connectivity index (χ3n) is 7.28. The topological polar surface area (TPSA) is 32.7 Å². The zero-order chi connectivity index (χ0) is 23.3. The van der Waals surface area contributed by atoms with Gasteiger partial charge >= 0.3 is 0 Å². The predicted molar refractivity (Wildman–Crippen MR) is 141 cm³/mol. The van der Waals surface area contributed by atoms with Gasteiger partial charge in [0.2, 0.25) is 0 Å². The van der Waals surface area contributed by atoms with Crippen molar-refractivity contribution >= 4 is 24.2 Å². The Morgan fingerprint density at radius 1 is 1.09 bits per heavy atom. The van der Waals surface area contributed by atoms with Gasteiger partial charge in [-0.1, -0.05) is 62.7 Å². The van der Waals surface area contributed by atoms with Crippen molar-refractivity contribution in [1.82, 2.24) is 4.90 Å². The summed E-state index contributed by atoms with van der Waals surface area (Å²) >= 11 is 1.91. The number of ether oxygens (including phenoxy) is 1. The zero-order valence-corrected chi connectivity index (χ0v) is 22.1. The predicted octanol–water partition coefficient (Wildman–Crippen LogP) is 7.90. The van der Waals surface area contributed by atoms with Gasteiger partial charge in [-0.3, -0.25) is 4.90 Å². The fourth-order valence-corrected chi connectivity index (χ4v) is 6.81. The second kappa shape index (κ2) is 12.6. The smallest absolute Gasteiger partial charge is 0.159 e.